The third-order valence-electron chi connectivity index (χ3n) is 7.83. The number of carbonyl (C=O) groups is 1. The van der Waals surface area contributed by atoms with E-state index < -0.39 is 53.4 Å². The van der Waals surface area contributed by atoms with Crippen molar-refractivity contribution in [2.45, 2.75) is 74.5 Å². The maximum Gasteiger partial charge on any atom is 0.295 e. The van der Waals surface area contributed by atoms with E-state index in [1.165, 1.54) is 22.8 Å². The number of carbonyl (C=O) groups excluding carboxylic acids is 1. The zero-order valence-electron chi connectivity index (χ0n) is 23.3. The minimum atomic E-state index is -3.87. The number of anilines is 3. The van der Waals surface area contributed by atoms with Crippen molar-refractivity contribution in [3.05, 3.63) is 35.7 Å². The Morgan fingerprint density at radius 1 is 1.07 bits per heavy atom. The number of amides is 1. The van der Waals surface area contributed by atoms with Gasteiger partial charge in [0.05, 0.1) is 22.4 Å². The summed E-state index contributed by atoms with van der Waals surface area (Å²) in [4.78, 5) is 21.2. The van der Waals surface area contributed by atoms with E-state index in [0.29, 0.717) is 18.6 Å². The highest BCUT2D eigenvalue weighted by molar-refractivity contribution is 7.90. The van der Waals surface area contributed by atoms with E-state index in [0.717, 1.165) is 31.9 Å². The number of rotatable bonds is 8. The topological polar surface area (TPSA) is 124 Å². The SMILES string of the molecule is CS(=O)(=O)c1cc(C2CCC(F)(F)CO2)ccc1Nc1cc(NC(=O)C2CC2)nc2c1nc(C(F)F)n2C1CCCCO1. The molecule has 15 heteroatoms. The van der Waals surface area contributed by atoms with Gasteiger partial charge in [0.2, 0.25) is 5.91 Å². The van der Waals surface area contributed by atoms with Crippen LogP contribution in [0.5, 0.6) is 0 Å². The Hall–Kier alpha value is -3.30. The Balaban J connectivity index is 1.44. The van der Waals surface area contributed by atoms with E-state index in [2.05, 4.69) is 20.6 Å². The van der Waals surface area contributed by atoms with E-state index >= 15 is 0 Å². The number of fused-ring (bicyclic) bond motifs is 1. The molecule has 2 aliphatic heterocycles. The average Bonchev–Trinajstić information content (AvgIpc) is 3.73. The van der Waals surface area contributed by atoms with Crippen LogP contribution < -0.4 is 10.6 Å². The molecular formula is C28H31F4N5O5S. The highest BCUT2D eigenvalue weighted by Crippen LogP contribution is 2.40. The molecule has 1 aliphatic carbocycles. The molecule has 43 heavy (non-hydrogen) atoms. The summed E-state index contributed by atoms with van der Waals surface area (Å²) in [6, 6.07) is 5.81. The van der Waals surface area contributed by atoms with Crippen molar-refractivity contribution in [3.63, 3.8) is 0 Å². The highest BCUT2D eigenvalue weighted by atomic mass is 32.2. The van der Waals surface area contributed by atoms with Gasteiger partial charge in [0.15, 0.2) is 21.3 Å². The normalized spacial score (nSPS) is 22.6. The maximum atomic E-state index is 14.3. The first-order valence-electron chi connectivity index (χ1n) is 14.1. The van der Waals surface area contributed by atoms with Crippen molar-refractivity contribution in [3.8, 4) is 0 Å². The van der Waals surface area contributed by atoms with Gasteiger partial charge in [-0.2, -0.15) is 0 Å². The Morgan fingerprint density at radius 2 is 1.86 bits per heavy atom. The van der Waals surface area contributed by atoms with Gasteiger partial charge in [-0.1, -0.05) is 6.07 Å². The number of benzene rings is 1. The first-order chi connectivity index (χ1) is 20.4. The maximum absolute atomic E-state index is 14.3. The zero-order chi connectivity index (χ0) is 30.5. The number of hydrogen-bond donors (Lipinski definition) is 2. The lowest BCUT2D eigenvalue weighted by atomic mass is 9.99. The van der Waals surface area contributed by atoms with Crippen molar-refractivity contribution in [2.75, 3.05) is 30.1 Å². The first-order valence-corrected chi connectivity index (χ1v) is 16.0. The van der Waals surface area contributed by atoms with Gasteiger partial charge in [-0.05, 0) is 56.2 Å². The molecular weight excluding hydrogens is 594 g/mol. The van der Waals surface area contributed by atoms with Gasteiger partial charge in [0.25, 0.3) is 12.3 Å². The Labute approximate surface area is 245 Å². The van der Waals surface area contributed by atoms with Crippen LogP contribution in [-0.2, 0) is 24.1 Å². The second-order valence-corrected chi connectivity index (χ2v) is 13.3. The van der Waals surface area contributed by atoms with Crippen LogP contribution in [-0.4, -0.2) is 54.3 Å². The minimum absolute atomic E-state index is 0.00901. The molecule has 1 aromatic carbocycles. The quantitative estimate of drug-likeness (QED) is 0.290. The number of hydrogen-bond acceptors (Lipinski definition) is 8. The molecule has 3 aromatic rings. The molecule has 1 amide bonds. The molecule has 2 saturated heterocycles. The second-order valence-electron chi connectivity index (χ2n) is 11.3. The highest BCUT2D eigenvalue weighted by Gasteiger charge is 2.37. The van der Waals surface area contributed by atoms with Gasteiger partial charge in [-0.25, -0.2) is 35.9 Å². The number of aromatic nitrogens is 3. The molecule has 6 rings (SSSR count). The smallest absolute Gasteiger partial charge is 0.295 e. The molecule has 0 spiro atoms. The molecule has 2 N–H and O–H groups in total. The fourth-order valence-electron chi connectivity index (χ4n) is 5.46. The minimum Gasteiger partial charge on any atom is -0.367 e. The number of halogens is 4. The van der Waals surface area contributed by atoms with Crippen molar-refractivity contribution in [1.29, 1.82) is 0 Å². The Bertz CT molecular complexity index is 1640. The van der Waals surface area contributed by atoms with Crippen LogP contribution in [0.25, 0.3) is 11.2 Å². The van der Waals surface area contributed by atoms with E-state index in [4.69, 9.17) is 9.47 Å². The third-order valence-corrected chi connectivity index (χ3v) is 8.96. The van der Waals surface area contributed by atoms with Gasteiger partial charge in [0.1, 0.15) is 24.2 Å². The predicted molar refractivity (Wildman–Crippen MR) is 148 cm³/mol. The lowest BCUT2D eigenvalue weighted by molar-refractivity contribution is -0.145. The summed E-state index contributed by atoms with van der Waals surface area (Å²) in [5, 5.41) is 5.75. The van der Waals surface area contributed by atoms with Gasteiger partial charge in [0, 0.05) is 31.3 Å². The van der Waals surface area contributed by atoms with Crippen LogP contribution in [0.3, 0.4) is 0 Å². The molecule has 2 unspecified atom stereocenters. The Morgan fingerprint density at radius 3 is 2.49 bits per heavy atom. The van der Waals surface area contributed by atoms with Crippen molar-refractivity contribution in [1.82, 2.24) is 14.5 Å². The predicted octanol–water partition coefficient (Wildman–Crippen LogP) is 6.05. The monoisotopic (exact) mass is 625 g/mol. The number of ether oxygens (including phenoxy) is 2. The molecule has 0 radical (unpaired) electrons. The summed E-state index contributed by atoms with van der Waals surface area (Å²) in [7, 11) is -3.87. The number of imidazole rings is 1. The molecule has 3 aliphatic rings. The van der Waals surface area contributed by atoms with Crippen LogP contribution in [0.1, 0.15) is 75.1 Å². The summed E-state index contributed by atoms with van der Waals surface area (Å²) >= 11 is 0. The number of alkyl halides is 4. The number of pyridine rings is 1. The molecule has 4 heterocycles. The van der Waals surface area contributed by atoms with E-state index in [1.54, 1.807) is 6.07 Å². The van der Waals surface area contributed by atoms with Crippen molar-refractivity contribution in [2.24, 2.45) is 5.92 Å². The van der Waals surface area contributed by atoms with Crippen LogP contribution in [0, 0.1) is 5.92 Å². The molecule has 0 bridgehead atoms. The van der Waals surface area contributed by atoms with Gasteiger partial charge in [-0.3, -0.25) is 9.36 Å². The summed E-state index contributed by atoms with van der Waals surface area (Å²) in [6.07, 6.45) is -0.348. The Kier molecular flexibility index (Phi) is 7.84. The van der Waals surface area contributed by atoms with Crippen LogP contribution in [0.4, 0.5) is 34.8 Å². The summed E-state index contributed by atoms with van der Waals surface area (Å²) in [6.45, 7) is -0.390. The molecule has 2 aromatic heterocycles. The average molecular weight is 626 g/mol. The number of nitrogens with zero attached hydrogens (tertiary/aromatic N) is 3. The number of sulfone groups is 1. The van der Waals surface area contributed by atoms with Crippen molar-refractivity contribution < 1.29 is 40.2 Å². The largest absolute Gasteiger partial charge is 0.367 e. The van der Waals surface area contributed by atoms with Crippen molar-refractivity contribution >= 4 is 44.1 Å². The first kappa shape index (κ1) is 29.8. The molecule has 232 valence electrons. The molecule has 1 saturated carbocycles. The van der Waals surface area contributed by atoms with E-state index in [9.17, 15) is 30.8 Å². The summed E-state index contributed by atoms with van der Waals surface area (Å²) < 4.78 is 94.0. The van der Waals surface area contributed by atoms with Crippen LogP contribution in [0.15, 0.2) is 29.2 Å². The van der Waals surface area contributed by atoms with Gasteiger partial charge < -0.3 is 20.1 Å². The molecule has 2 atom stereocenters. The summed E-state index contributed by atoms with van der Waals surface area (Å²) in [5.74, 6) is -3.85. The lowest BCUT2D eigenvalue weighted by Crippen LogP contribution is -2.31. The number of nitrogens with one attached hydrogen (secondary N) is 2. The van der Waals surface area contributed by atoms with Crippen LogP contribution in [0.2, 0.25) is 0 Å². The zero-order valence-corrected chi connectivity index (χ0v) is 24.1. The third kappa shape index (κ3) is 6.34. The van der Waals surface area contributed by atoms with E-state index in [1.807, 2.05) is 0 Å². The van der Waals surface area contributed by atoms with Gasteiger partial charge in [-0.15, -0.1) is 0 Å². The summed E-state index contributed by atoms with van der Waals surface area (Å²) in [5.41, 5.74) is 0.736. The molecule has 3 fully saturated rings. The fraction of sp³-hybridized carbons (Fsp3) is 0.536. The van der Waals surface area contributed by atoms with E-state index in [-0.39, 0.29) is 51.5 Å². The lowest BCUT2D eigenvalue weighted by Gasteiger charge is -2.29. The van der Waals surface area contributed by atoms with Gasteiger partial charge >= 0.3 is 0 Å². The standard InChI is InChI=1S/C28H31F4N5O5S/c1-43(39,40)20-12-16(19-9-10-28(31,32)14-42-19)7-8-17(20)33-18-13-21(35-27(38)15-5-6-15)34-25-23(18)36-26(24(29)30)37(25)22-4-2-3-11-41-22/h7-8,12-13,15,19,22,24H,2-6,9-11,14H2,1H3,(H2,33,34,35,38). The fourth-order valence-corrected chi connectivity index (χ4v) is 6.32. The molecule has 10 nitrogen and oxygen atoms in total. The van der Waals surface area contributed by atoms with Crippen LogP contribution >= 0.6 is 0 Å². The second kappa shape index (κ2) is 11.3.